The summed E-state index contributed by atoms with van der Waals surface area (Å²) in [7, 11) is 0. The maximum atomic E-state index is 9.54. The minimum absolute atomic E-state index is 0.241. The Balaban J connectivity index is 2.00. The topological polar surface area (TPSA) is 41.5 Å². The molecule has 2 rings (SSSR count). The monoisotopic (exact) mass is 213 g/mol. The zero-order valence-electron chi connectivity index (χ0n) is 7.66. The van der Waals surface area contributed by atoms with Crippen molar-refractivity contribution in [2.75, 3.05) is 13.2 Å². The van der Waals surface area contributed by atoms with Gasteiger partial charge in [0.05, 0.1) is 19.3 Å². The summed E-state index contributed by atoms with van der Waals surface area (Å²) in [6, 6.07) is 5.54. The van der Waals surface area contributed by atoms with Crippen LogP contribution in [0.15, 0.2) is 18.2 Å². The molecule has 1 aliphatic heterocycles. The largest absolute Gasteiger partial charge is 0.508 e. The van der Waals surface area contributed by atoms with Crippen LogP contribution in [-0.4, -0.2) is 24.4 Å². The quantitative estimate of drug-likeness (QED) is 0.800. The van der Waals surface area contributed by atoms with E-state index in [9.17, 15) is 5.11 Å². The van der Waals surface area contributed by atoms with Gasteiger partial charge in [-0.1, -0.05) is 17.7 Å². The van der Waals surface area contributed by atoms with Gasteiger partial charge in [-0.15, -0.1) is 0 Å². The summed E-state index contributed by atoms with van der Waals surface area (Å²) in [5.41, 5.74) is 0.751. The van der Waals surface area contributed by atoms with Crippen molar-refractivity contribution >= 4 is 11.6 Å². The number of benzene rings is 1. The number of phenolic OH excluding ortho intramolecular Hbond substituents is 1. The highest BCUT2D eigenvalue weighted by Gasteiger charge is 2.18. The van der Waals surface area contributed by atoms with E-state index in [4.69, 9.17) is 16.3 Å². The van der Waals surface area contributed by atoms with Crippen molar-refractivity contribution < 1.29 is 9.84 Å². The molecule has 0 radical (unpaired) electrons. The predicted octanol–water partition coefficient (Wildman–Crippen LogP) is 1.53. The fourth-order valence-electron chi connectivity index (χ4n) is 1.32. The van der Waals surface area contributed by atoms with E-state index in [2.05, 4.69) is 5.32 Å². The molecule has 0 aliphatic carbocycles. The Morgan fingerprint density at radius 2 is 2.29 bits per heavy atom. The van der Waals surface area contributed by atoms with Crippen molar-refractivity contribution in [2.45, 2.75) is 12.6 Å². The third-order valence-corrected chi connectivity index (χ3v) is 2.65. The van der Waals surface area contributed by atoms with Crippen LogP contribution in [0.3, 0.4) is 0 Å². The van der Waals surface area contributed by atoms with Crippen LogP contribution in [0.4, 0.5) is 0 Å². The molecule has 1 fully saturated rings. The van der Waals surface area contributed by atoms with Crippen LogP contribution in [0, 0.1) is 0 Å². The number of hydrogen-bond donors (Lipinski definition) is 2. The fraction of sp³-hybridized carbons (Fsp3) is 0.400. The van der Waals surface area contributed by atoms with E-state index in [0.29, 0.717) is 17.6 Å². The first kappa shape index (κ1) is 9.77. The van der Waals surface area contributed by atoms with Crippen LogP contribution in [0.25, 0.3) is 0 Å². The molecule has 0 aromatic heterocycles. The van der Waals surface area contributed by atoms with Crippen LogP contribution in [0.5, 0.6) is 5.75 Å². The van der Waals surface area contributed by atoms with Gasteiger partial charge < -0.3 is 15.2 Å². The van der Waals surface area contributed by atoms with Gasteiger partial charge in [0.25, 0.3) is 0 Å². The highest BCUT2D eigenvalue weighted by Crippen LogP contribution is 2.25. The normalized spacial score (nSPS) is 16.6. The zero-order chi connectivity index (χ0) is 9.97. The third kappa shape index (κ3) is 2.00. The number of ether oxygens (including phenoxy) is 1. The van der Waals surface area contributed by atoms with E-state index in [0.717, 1.165) is 18.8 Å². The van der Waals surface area contributed by atoms with Gasteiger partial charge >= 0.3 is 0 Å². The Morgan fingerprint density at radius 3 is 2.86 bits per heavy atom. The molecule has 0 saturated carbocycles. The second kappa shape index (κ2) is 4.17. The van der Waals surface area contributed by atoms with Crippen molar-refractivity contribution in [1.29, 1.82) is 0 Å². The summed E-state index contributed by atoms with van der Waals surface area (Å²) in [6.45, 7) is 2.07. The van der Waals surface area contributed by atoms with Crippen molar-refractivity contribution in [3.8, 4) is 5.75 Å². The molecule has 1 aromatic rings. The Kier molecular flexibility index (Phi) is 2.91. The van der Waals surface area contributed by atoms with Gasteiger partial charge in [-0.2, -0.15) is 0 Å². The number of nitrogens with one attached hydrogen (secondary N) is 1. The number of rotatable bonds is 3. The van der Waals surface area contributed by atoms with Crippen molar-refractivity contribution in [3.05, 3.63) is 28.8 Å². The molecule has 4 heteroatoms. The van der Waals surface area contributed by atoms with Gasteiger partial charge in [0, 0.05) is 17.1 Å². The lowest BCUT2D eigenvalue weighted by atomic mass is 10.1. The molecule has 1 heterocycles. The summed E-state index contributed by atoms with van der Waals surface area (Å²) in [4.78, 5) is 0. The molecule has 3 nitrogen and oxygen atoms in total. The molecule has 0 amide bonds. The molecule has 1 aliphatic rings. The standard InChI is InChI=1S/C10H12ClNO2/c11-9-2-1-3-10(13)8(9)4-12-7-5-14-6-7/h1-3,7,12-13H,4-6H2. The smallest absolute Gasteiger partial charge is 0.121 e. The minimum Gasteiger partial charge on any atom is -0.508 e. The van der Waals surface area contributed by atoms with Gasteiger partial charge in [-0.25, -0.2) is 0 Å². The van der Waals surface area contributed by atoms with Gasteiger partial charge in [0.1, 0.15) is 5.75 Å². The maximum Gasteiger partial charge on any atom is 0.121 e. The zero-order valence-corrected chi connectivity index (χ0v) is 8.42. The second-order valence-corrected chi connectivity index (χ2v) is 3.76. The molecule has 76 valence electrons. The van der Waals surface area contributed by atoms with E-state index >= 15 is 0 Å². The van der Waals surface area contributed by atoms with Gasteiger partial charge in [-0.3, -0.25) is 0 Å². The summed E-state index contributed by atoms with van der Waals surface area (Å²) in [5.74, 6) is 0.241. The average Bonchev–Trinajstić information content (AvgIpc) is 2.07. The van der Waals surface area contributed by atoms with Crippen LogP contribution in [0.1, 0.15) is 5.56 Å². The third-order valence-electron chi connectivity index (χ3n) is 2.30. The van der Waals surface area contributed by atoms with E-state index in [1.54, 1.807) is 18.2 Å². The summed E-state index contributed by atoms with van der Waals surface area (Å²) >= 11 is 5.94. The van der Waals surface area contributed by atoms with E-state index in [1.807, 2.05) is 0 Å². The summed E-state index contributed by atoms with van der Waals surface area (Å²) in [6.07, 6.45) is 0. The molecule has 0 unspecified atom stereocenters. The molecule has 1 aromatic carbocycles. The van der Waals surface area contributed by atoms with Gasteiger partial charge in [0.15, 0.2) is 0 Å². The molecule has 14 heavy (non-hydrogen) atoms. The SMILES string of the molecule is Oc1cccc(Cl)c1CNC1COC1. The van der Waals surface area contributed by atoms with Crippen LogP contribution >= 0.6 is 11.6 Å². The van der Waals surface area contributed by atoms with Crippen molar-refractivity contribution in [2.24, 2.45) is 0 Å². The number of hydrogen-bond acceptors (Lipinski definition) is 3. The average molecular weight is 214 g/mol. The minimum atomic E-state index is 0.241. The van der Waals surface area contributed by atoms with Crippen molar-refractivity contribution in [1.82, 2.24) is 5.32 Å². The molecule has 2 N–H and O–H groups in total. The highest BCUT2D eigenvalue weighted by molar-refractivity contribution is 6.31. The Bertz CT molecular complexity index is 306. The van der Waals surface area contributed by atoms with E-state index in [1.165, 1.54) is 0 Å². The first-order valence-corrected chi connectivity index (χ1v) is 4.92. The molecule has 1 saturated heterocycles. The lowest BCUT2D eigenvalue weighted by Crippen LogP contribution is -2.45. The summed E-state index contributed by atoms with van der Waals surface area (Å²) in [5, 5.41) is 13.4. The van der Waals surface area contributed by atoms with Gasteiger partial charge in [-0.05, 0) is 12.1 Å². The number of aromatic hydroxyl groups is 1. The number of phenols is 1. The van der Waals surface area contributed by atoms with Crippen LogP contribution < -0.4 is 5.32 Å². The Morgan fingerprint density at radius 1 is 1.50 bits per heavy atom. The Hall–Kier alpha value is -0.770. The van der Waals surface area contributed by atoms with Crippen LogP contribution in [0.2, 0.25) is 5.02 Å². The van der Waals surface area contributed by atoms with Crippen molar-refractivity contribution in [3.63, 3.8) is 0 Å². The first-order valence-electron chi connectivity index (χ1n) is 4.55. The summed E-state index contributed by atoms with van der Waals surface area (Å²) < 4.78 is 5.03. The lowest BCUT2D eigenvalue weighted by Gasteiger charge is -2.27. The maximum absolute atomic E-state index is 9.54. The molecule has 0 bridgehead atoms. The molecular formula is C10H12ClNO2. The lowest BCUT2D eigenvalue weighted by molar-refractivity contribution is -0.00584. The Labute approximate surface area is 87.6 Å². The second-order valence-electron chi connectivity index (χ2n) is 3.35. The predicted molar refractivity (Wildman–Crippen MR) is 54.6 cm³/mol. The first-order chi connectivity index (χ1) is 6.77. The fourth-order valence-corrected chi connectivity index (χ4v) is 1.56. The van der Waals surface area contributed by atoms with Gasteiger partial charge in [0.2, 0.25) is 0 Å². The highest BCUT2D eigenvalue weighted by atomic mass is 35.5. The van der Waals surface area contributed by atoms with Crippen LogP contribution in [-0.2, 0) is 11.3 Å². The van der Waals surface area contributed by atoms with E-state index in [-0.39, 0.29) is 5.75 Å². The van der Waals surface area contributed by atoms with E-state index < -0.39 is 0 Å². The molecule has 0 atom stereocenters. The number of halogens is 1. The molecular weight excluding hydrogens is 202 g/mol. The molecule has 0 spiro atoms.